The number of aryl methyl sites for hydroxylation is 2. The van der Waals surface area contributed by atoms with Gasteiger partial charge in [-0.15, -0.1) is 0 Å². The molecule has 2 N–H and O–H groups in total. The third kappa shape index (κ3) is 2.08. The zero-order valence-electron chi connectivity index (χ0n) is 11.2. The highest BCUT2D eigenvalue weighted by molar-refractivity contribution is 6.30. The zero-order chi connectivity index (χ0) is 14.3. The van der Waals surface area contributed by atoms with Crippen LogP contribution in [0.1, 0.15) is 5.76 Å². The van der Waals surface area contributed by atoms with Gasteiger partial charge in [0.05, 0.1) is 5.56 Å². The molecule has 2 heterocycles. The molecule has 20 heavy (non-hydrogen) atoms. The maximum Gasteiger partial charge on any atom is 0.155 e. The van der Waals surface area contributed by atoms with Crippen molar-refractivity contribution in [3.05, 3.63) is 47.2 Å². The summed E-state index contributed by atoms with van der Waals surface area (Å²) in [7, 11) is 1.81. The Bertz CT molecular complexity index is 773. The number of nitrogens with two attached hydrogens (primary N) is 1. The molecule has 0 radical (unpaired) electrons. The van der Waals surface area contributed by atoms with Gasteiger partial charge >= 0.3 is 0 Å². The van der Waals surface area contributed by atoms with Crippen LogP contribution in [0.25, 0.3) is 22.6 Å². The van der Waals surface area contributed by atoms with Crippen LogP contribution < -0.4 is 5.73 Å². The van der Waals surface area contributed by atoms with Crippen LogP contribution >= 0.6 is 11.6 Å². The summed E-state index contributed by atoms with van der Waals surface area (Å²) in [4.78, 5) is 0. The second-order valence-corrected chi connectivity index (χ2v) is 5.09. The van der Waals surface area contributed by atoms with Crippen molar-refractivity contribution in [1.82, 2.24) is 9.78 Å². The summed E-state index contributed by atoms with van der Waals surface area (Å²) < 4.78 is 7.31. The number of nitrogen functional groups attached to an aromatic ring is 1. The van der Waals surface area contributed by atoms with Gasteiger partial charge in [0.2, 0.25) is 0 Å². The van der Waals surface area contributed by atoms with Crippen LogP contribution in [0.5, 0.6) is 0 Å². The molecule has 0 aliphatic heterocycles. The molecular formula is C15H14ClN3O. The van der Waals surface area contributed by atoms with Gasteiger partial charge in [-0.2, -0.15) is 5.10 Å². The Labute approximate surface area is 121 Å². The number of aromatic nitrogens is 2. The van der Waals surface area contributed by atoms with Crippen molar-refractivity contribution in [1.29, 1.82) is 0 Å². The molecule has 102 valence electrons. The van der Waals surface area contributed by atoms with E-state index in [4.69, 9.17) is 21.8 Å². The molecule has 0 spiro atoms. The van der Waals surface area contributed by atoms with Crippen LogP contribution in [0.15, 0.2) is 40.8 Å². The molecule has 0 aliphatic carbocycles. The molecule has 0 saturated carbocycles. The topological polar surface area (TPSA) is 57.0 Å². The quantitative estimate of drug-likeness (QED) is 0.778. The minimum atomic E-state index is 0.580. The van der Waals surface area contributed by atoms with Gasteiger partial charge in [-0.05, 0) is 36.8 Å². The molecule has 3 rings (SSSR count). The largest absolute Gasteiger partial charge is 0.460 e. The summed E-state index contributed by atoms with van der Waals surface area (Å²) >= 11 is 6.06. The standard InChI is InChI=1S/C15H14ClN3O/c1-9-6-7-12(20-9)14-13(15(17)19(2)18-14)10-4-3-5-11(16)8-10/h3-8H,17H2,1-2H3. The lowest BCUT2D eigenvalue weighted by atomic mass is 10.0. The van der Waals surface area contributed by atoms with E-state index in [-0.39, 0.29) is 0 Å². The molecule has 1 aromatic carbocycles. The number of nitrogens with zero attached hydrogens (tertiary/aromatic N) is 2. The maximum absolute atomic E-state index is 6.15. The van der Waals surface area contributed by atoms with E-state index >= 15 is 0 Å². The predicted molar refractivity (Wildman–Crippen MR) is 80.5 cm³/mol. The highest BCUT2D eigenvalue weighted by atomic mass is 35.5. The first-order valence-corrected chi connectivity index (χ1v) is 6.59. The van der Waals surface area contributed by atoms with E-state index in [9.17, 15) is 0 Å². The van der Waals surface area contributed by atoms with Gasteiger partial charge in [-0.1, -0.05) is 23.7 Å². The summed E-state index contributed by atoms with van der Waals surface area (Å²) in [5, 5.41) is 5.11. The van der Waals surface area contributed by atoms with Gasteiger partial charge < -0.3 is 10.2 Å². The molecule has 0 bridgehead atoms. The SMILES string of the molecule is Cc1ccc(-c2nn(C)c(N)c2-c2cccc(Cl)c2)o1. The van der Waals surface area contributed by atoms with Crippen LogP contribution in [0.4, 0.5) is 5.82 Å². The number of hydrogen-bond donors (Lipinski definition) is 1. The van der Waals surface area contributed by atoms with Crippen LogP contribution in [0.3, 0.4) is 0 Å². The number of halogens is 1. The average molecular weight is 288 g/mol. The van der Waals surface area contributed by atoms with Crippen LogP contribution in [0, 0.1) is 6.92 Å². The van der Waals surface area contributed by atoms with Gasteiger partial charge in [0.1, 0.15) is 17.3 Å². The molecule has 0 fully saturated rings. The summed E-state index contributed by atoms with van der Waals surface area (Å²) in [5.74, 6) is 2.11. The lowest BCUT2D eigenvalue weighted by Gasteiger charge is -2.03. The Balaban J connectivity index is 2.24. The van der Waals surface area contributed by atoms with Gasteiger partial charge in [0, 0.05) is 12.1 Å². The second-order valence-electron chi connectivity index (χ2n) is 4.65. The fourth-order valence-corrected chi connectivity index (χ4v) is 2.39. The first-order valence-electron chi connectivity index (χ1n) is 6.21. The molecule has 5 heteroatoms. The number of anilines is 1. The maximum atomic E-state index is 6.15. The molecule has 4 nitrogen and oxygen atoms in total. The Hall–Kier alpha value is -2.20. The Kier molecular flexibility index (Phi) is 3.03. The Morgan fingerprint density at radius 3 is 2.70 bits per heavy atom. The normalized spacial score (nSPS) is 10.9. The summed E-state index contributed by atoms with van der Waals surface area (Å²) in [5.41, 5.74) is 8.63. The fourth-order valence-electron chi connectivity index (χ4n) is 2.20. The van der Waals surface area contributed by atoms with E-state index in [1.165, 1.54) is 0 Å². The minimum Gasteiger partial charge on any atom is -0.460 e. The Morgan fingerprint density at radius 1 is 1.25 bits per heavy atom. The van der Waals surface area contributed by atoms with Crippen molar-refractivity contribution in [2.24, 2.45) is 7.05 Å². The molecule has 2 aromatic heterocycles. The van der Waals surface area contributed by atoms with Gasteiger partial charge in [0.25, 0.3) is 0 Å². The molecular weight excluding hydrogens is 274 g/mol. The lowest BCUT2D eigenvalue weighted by molar-refractivity contribution is 0.545. The van der Waals surface area contributed by atoms with Crippen molar-refractivity contribution in [3.8, 4) is 22.6 Å². The Morgan fingerprint density at radius 2 is 2.05 bits per heavy atom. The van der Waals surface area contributed by atoms with Crippen molar-refractivity contribution in [2.75, 3.05) is 5.73 Å². The number of benzene rings is 1. The zero-order valence-corrected chi connectivity index (χ0v) is 12.0. The van der Waals surface area contributed by atoms with E-state index in [1.54, 1.807) is 4.68 Å². The van der Waals surface area contributed by atoms with Crippen molar-refractivity contribution >= 4 is 17.4 Å². The van der Waals surface area contributed by atoms with Gasteiger partial charge in [-0.25, -0.2) is 0 Å². The number of hydrogen-bond acceptors (Lipinski definition) is 3. The first kappa shape index (κ1) is 12.8. The smallest absolute Gasteiger partial charge is 0.155 e. The van der Waals surface area contributed by atoms with E-state index < -0.39 is 0 Å². The third-order valence-corrected chi connectivity index (χ3v) is 3.41. The molecule has 0 atom stereocenters. The van der Waals surface area contributed by atoms with E-state index in [0.717, 1.165) is 22.6 Å². The van der Waals surface area contributed by atoms with E-state index in [2.05, 4.69) is 5.10 Å². The third-order valence-electron chi connectivity index (χ3n) is 3.18. The van der Waals surface area contributed by atoms with Gasteiger partial charge in [0.15, 0.2) is 5.76 Å². The summed E-state index contributed by atoms with van der Waals surface area (Å²) in [6.07, 6.45) is 0. The van der Waals surface area contributed by atoms with Crippen LogP contribution in [0.2, 0.25) is 5.02 Å². The summed E-state index contributed by atoms with van der Waals surface area (Å²) in [6, 6.07) is 11.3. The summed E-state index contributed by atoms with van der Waals surface area (Å²) in [6.45, 7) is 1.90. The van der Waals surface area contributed by atoms with E-state index in [0.29, 0.717) is 16.6 Å². The van der Waals surface area contributed by atoms with Gasteiger partial charge in [-0.3, -0.25) is 4.68 Å². The highest BCUT2D eigenvalue weighted by Gasteiger charge is 2.19. The van der Waals surface area contributed by atoms with E-state index in [1.807, 2.05) is 50.4 Å². The van der Waals surface area contributed by atoms with Crippen molar-refractivity contribution in [2.45, 2.75) is 6.92 Å². The first-order chi connectivity index (χ1) is 9.56. The molecule has 3 aromatic rings. The molecule has 0 unspecified atom stereocenters. The monoisotopic (exact) mass is 287 g/mol. The van der Waals surface area contributed by atoms with Crippen LogP contribution in [-0.2, 0) is 7.05 Å². The fraction of sp³-hybridized carbons (Fsp3) is 0.133. The lowest BCUT2D eigenvalue weighted by Crippen LogP contribution is -1.97. The average Bonchev–Trinajstić information content (AvgIpc) is 2.95. The second kappa shape index (κ2) is 4.72. The molecule has 0 saturated heterocycles. The van der Waals surface area contributed by atoms with Crippen molar-refractivity contribution in [3.63, 3.8) is 0 Å². The minimum absolute atomic E-state index is 0.580. The predicted octanol–water partition coefficient (Wildman–Crippen LogP) is 3.89. The number of furan rings is 1. The molecule has 0 aliphatic rings. The number of rotatable bonds is 2. The van der Waals surface area contributed by atoms with Crippen LogP contribution in [-0.4, -0.2) is 9.78 Å². The van der Waals surface area contributed by atoms with Crippen molar-refractivity contribution < 1.29 is 4.42 Å². The highest BCUT2D eigenvalue weighted by Crippen LogP contribution is 2.37. The molecule has 0 amide bonds.